The van der Waals surface area contributed by atoms with Crippen LogP contribution >= 0.6 is 0 Å². The first-order valence-electron chi connectivity index (χ1n) is 8.47. The van der Waals surface area contributed by atoms with E-state index in [0.29, 0.717) is 13.0 Å². The molecule has 3 N–H and O–H groups in total. The van der Waals surface area contributed by atoms with E-state index in [0.717, 1.165) is 25.7 Å². The third-order valence-electron chi connectivity index (χ3n) is 3.68. The van der Waals surface area contributed by atoms with Crippen LogP contribution in [0.1, 0.15) is 90.9 Å². The maximum Gasteiger partial charge on any atom is 0.0616 e. The Balaban J connectivity index is 3.17. The van der Waals surface area contributed by atoms with Gasteiger partial charge >= 0.3 is 0 Å². The highest BCUT2D eigenvalue weighted by Crippen LogP contribution is 2.16. The molecule has 0 saturated carbocycles. The van der Waals surface area contributed by atoms with Gasteiger partial charge in [-0.2, -0.15) is 0 Å². The summed E-state index contributed by atoms with van der Waals surface area (Å²) in [4.78, 5) is 0. The summed E-state index contributed by atoms with van der Waals surface area (Å²) in [7, 11) is 0. The summed E-state index contributed by atoms with van der Waals surface area (Å²) in [5, 5.41) is 28.0. The van der Waals surface area contributed by atoms with Crippen molar-refractivity contribution >= 4 is 0 Å². The van der Waals surface area contributed by atoms with Crippen LogP contribution in [0.2, 0.25) is 0 Å². The topological polar surface area (TPSA) is 60.7 Å². The Morgan fingerprint density at radius 3 is 1.55 bits per heavy atom. The first-order valence-corrected chi connectivity index (χ1v) is 8.47. The van der Waals surface area contributed by atoms with Gasteiger partial charge in [-0.3, -0.25) is 0 Å². The Morgan fingerprint density at radius 2 is 1.15 bits per heavy atom. The lowest BCUT2D eigenvalue weighted by atomic mass is 9.97. The lowest BCUT2D eigenvalue weighted by molar-refractivity contribution is 0.0150. The summed E-state index contributed by atoms with van der Waals surface area (Å²) in [6.07, 6.45) is 13.0. The fraction of sp³-hybridized carbons (Fsp3) is 1.00. The van der Waals surface area contributed by atoms with E-state index >= 15 is 0 Å². The van der Waals surface area contributed by atoms with Gasteiger partial charge in [-0.15, -0.1) is 0 Å². The van der Waals surface area contributed by atoms with Gasteiger partial charge in [0.15, 0.2) is 0 Å². The van der Waals surface area contributed by atoms with Crippen LogP contribution < -0.4 is 0 Å². The first kappa shape index (κ1) is 19.9. The van der Waals surface area contributed by atoms with Gasteiger partial charge in [0.25, 0.3) is 0 Å². The van der Waals surface area contributed by atoms with E-state index in [1.165, 1.54) is 44.9 Å². The second kappa shape index (κ2) is 12.6. The molecule has 0 aromatic carbocycles. The number of hydrogen-bond acceptors (Lipinski definition) is 3. The number of aliphatic hydroxyl groups excluding tert-OH is 2. The Morgan fingerprint density at radius 1 is 0.750 bits per heavy atom. The highest BCUT2D eigenvalue weighted by atomic mass is 16.3. The van der Waals surface area contributed by atoms with Gasteiger partial charge in [-0.05, 0) is 26.7 Å². The molecule has 0 aromatic heterocycles. The maximum absolute atomic E-state index is 9.75. The highest BCUT2D eigenvalue weighted by molar-refractivity contribution is 4.70. The zero-order valence-electron chi connectivity index (χ0n) is 13.6. The van der Waals surface area contributed by atoms with Crippen molar-refractivity contribution in [3.05, 3.63) is 0 Å². The van der Waals surface area contributed by atoms with Gasteiger partial charge in [-0.25, -0.2) is 0 Å². The molecule has 0 saturated heterocycles. The molecule has 0 fully saturated rings. The van der Waals surface area contributed by atoms with Crippen molar-refractivity contribution in [3.8, 4) is 0 Å². The molecule has 0 bridgehead atoms. The van der Waals surface area contributed by atoms with E-state index in [4.69, 9.17) is 5.11 Å². The Labute approximate surface area is 125 Å². The lowest BCUT2D eigenvalue weighted by Gasteiger charge is -2.21. The van der Waals surface area contributed by atoms with Crippen molar-refractivity contribution in [1.82, 2.24) is 0 Å². The van der Waals surface area contributed by atoms with Crippen molar-refractivity contribution in [2.75, 3.05) is 6.61 Å². The van der Waals surface area contributed by atoms with Crippen LogP contribution in [0.4, 0.5) is 0 Å². The summed E-state index contributed by atoms with van der Waals surface area (Å²) in [5.74, 6) is 0. The van der Waals surface area contributed by atoms with Gasteiger partial charge in [0.1, 0.15) is 0 Å². The van der Waals surface area contributed by atoms with Crippen LogP contribution in [-0.4, -0.2) is 33.6 Å². The fourth-order valence-corrected chi connectivity index (χ4v) is 2.58. The summed E-state index contributed by atoms with van der Waals surface area (Å²) in [5.41, 5.74) is -0.755. The van der Waals surface area contributed by atoms with E-state index in [2.05, 4.69) is 0 Å². The standard InChI is InChI=1S/C17H36O3/c1-17(2,20)15-16(19)13-11-9-7-5-3-4-6-8-10-12-14-18/h16,18-20H,3-15H2,1-2H3. The molecular formula is C17H36O3. The maximum atomic E-state index is 9.75. The average molecular weight is 288 g/mol. The molecule has 122 valence electrons. The van der Waals surface area contributed by atoms with Crippen LogP contribution in [-0.2, 0) is 0 Å². The molecule has 0 heterocycles. The van der Waals surface area contributed by atoms with Crippen LogP contribution in [0, 0.1) is 0 Å². The van der Waals surface area contributed by atoms with E-state index in [9.17, 15) is 10.2 Å². The number of aliphatic hydroxyl groups is 3. The molecular weight excluding hydrogens is 252 g/mol. The average Bonchev–Trinajstić information content (AvgIpc) is 2.34. The summed E-state index contributed by atoms with van der Waals surface area (Å²) < 4.78 is 0. The molecule has 0 aliphatic carbocycles. The molecule has 3 nitrogen and oxygen atoms in total. The number of rotatable bonds is 14. The first-order chi connectivity index (χ1) is 9.45. The molecule has 0 amide bonds. The quantitative estimate of drug-likeness (QED) is 0.426. The third-order valence-corrected chi connectivity index (χ3v) is 3.68. The van der Waals surface area contributed by atoms with Crippen molar-refractivity contribution in [1.29, 1.82) is 0 Å². The predicted octanol–water partition coefficient (Wildman–Crippen LogP) is 3.79. The van der Waals surface area contributed by atoms with E-state index < -0.39 is 5.60 Å². The molecule has 20 heavy (non-hydrogen) atoms. The lowest BCUT2D eigenvalue weighted by Crippen LogP contribution is -2.26. The van der Waals surface area contributed by atoms with Crippen molar-refractivity contribution in [3.63, 3.8) is 0 Å². The minimum absolute atomic E-state index is 0.333. The zero-order valence-corrected chi connectivity index (χ0v) is 13.6. The third kappa shape index (κ3) is 15.9. The summed E-state index contributed by atoms with van der Waals surface area (Å²) in [6.45, 7) is 3.83. The van der Waals surface area contributed by atoms with E-state index in [1.54, 1.807) is 13.8 Å². The van der Waals surface area contributed by atoms with Crippen molar-refractivity contribution in [2.45, 2.75) is 103 Å². The van der Waals surface area contributed by atoms with E-state index in [-0.39, 0.29) is 6.10 Å². The smallest absolute Gasteiger partial charge is 0.0616 e. The van der Waals surface area contributed by atoms with Gasteiger partial charge in [0.2, 0.25) is 0 Å². The van der Waals surface area contributed by atoms with Crippen molar-refractivity contribution < 1.29 is 15.3 Å². The monoisotopic (exact) mass is 288 g/mol. The summed E-state index contributed by atoms with van der Waals surface area (Å²) in [6, 6.07) is 0. The second-order valence-electron chi connectivity index (χ2n) is 6.72. The van der Waals surface area contributed by atoms with Gasteiger partial charge in [0, 0.05) is 13.0 Å². The van der Waals surface area contributed by atoms with Gasteiger partial charge < -0.3 is 15.3 Å². The van der Waals surface area contributed by atoms with Crippen LogP contribution in [0.3, 0.4) is 0 Å². The van der Waals surface area contributed by atoms with Crippen LogP contribution in [0.15, 0.2) is 0 Å². The van der Waals surface area contributed by atoms with E-state index in [1.807, 2.05) is 0 Å². The van der Waals surface area contributed by atoms with Crippen LogP contribution in [0.5, 0.6) is 0 Å². The minimum atomic E-state index is -0.755. The molecule has 0 aliphatic rings. The molecule has 0 rings (SSSR count). The molecule has 0 radical (unpaired) electrons. The molecule has 0 aliphatic heterocycles. The Hall–Kier alpha value is -0.120. The Bertz CT molecular complexity index is 199. The number of hydrogen-bond donors (Lipinski definition) is 3. The molecule has 1 atom stereocenters. The molecule has 3 heteroatoms. The zero-order chi connectivity index (χ0) is 15.3. The number of unbranched alkanes of at least 4 members (excludes halogenated alkanes) is 9. The van der Waals surface area contributed by atoms with Gasteiger partial charge in [-0.1, -0.05) is 57.8 Å². The van der Waals surface area contributed by atoms with Gasteiger partial charge in [0.05, 0.1) is 11.7 Å². The molecule has 1 unspecified atom stereocenters. The largest absolute Gasteiger partial charge is 0.396 e. The van der Waals surface area contributed by atoms with Crippen molar-refractivity contribution in [2.24, 2.45) is 0 Å². The fourth-order valence-electron chi connectivity index (χ4n) is 2.58. The highest BCUT2D eigenvalue weighted by Gasteiger charge is 2.17. The Kier molecular flexibility index (Phi) is 12.5. The second-order valence-corrected chi connectivity index (χ2v) is 6.72. The SMILES string of the molecule is CC(C)(O)CC(O)CCCCCCCCCCCCO. The summed E-state index contributed by atoms with van der Waals surface area (Å²) >= 11 is 0. The predicted molar refractivity (Wildman–Crippen MR) is 84.8 cm³/mol. The normalized spacial score (nSPS) is 13.7. The molecule has 0 aromatic rings. The molecule has 0 spiro atoms. The minimum Gasteiger partial charge on any atom is -0.396 e. The van der Waals surface area contributed by atoms with Crippen LogP contribution in [0.25, 0.3) is 0 Å².